The van der Waals surface area contributed by atoms with Crippen molar-refractivity contribution in [3.8, 4) is 0 Å². The summed E-state index contributed by atoms with van der Waals surface area (Å²) in [6.45, 7) is 1.97. The summed E-state index contributed by atoms with van der Waals surface area (Å²) in [5.74, 6) is 0. The Labute approximate surface area is 70.2 Å². The molecule has 3 heteroatoms. The molecule has 2 aromatic heterocycles. The third-order valence-electron chi connectivity index (χ3n) is 1.71. The van der Waals surface area contributed by atoms with Gasteiger partial charge in [-0.25, -0.2) is 9.97 Å². The van der Waals surface area contributed by atoms with E-state index in [1.165, 1.54) is 0 Å². The lowest BCUT2D eigenvalue weighted by Crippen LogP contribution is -1.84. The number of fused-ring (bicyclic) bond motifs is 1. The van der Waals surface area contributed by atoms with E-state index >= 15 is 0 Å². The Hall–Kier alpha value is -1.64. The summed E-state index contributed by atoms with van der Waals surface area (Å²) in [5, 5.41) is 1.07. The van der Waals surface area contributed by atoms with Gasteiger partial charge in [-0.2, -0.15) is 0 Å². The maximum Gasteiger partial charge on any atom is 0.141 e. The number of allylic oxidation sites excluding steroid dienone is 1. The normalized spacial score (nSPS) is 11.4. The van der Waals surface area contributed by atoms with E-state index in [1.54, 1.807) is 6.33 Å². The molecule has 2 heterocycles. The van der Waals surface area contributed by atoms with Gasteiger partial charge in [0, 0.05) is 11.6 Å². The van der Waals surface area contributed by atoms with Crippen LogP contribution in [0.3, 0.4) is 0 Å². The van der Waals surface area contributed by atoms with E-state index in [-0.39, 0.29) is 0 Å². The molecule has 0 spiro atoms. The number of nitrogens with zero attached hydrogens (tertiary/aromatic N) is 2. The van der Waals surface area contributed by atoms with Gasteiger partial charge in [0.05, 0.1) is 5.69 Å². The Bertz CT molecular complexity index is 414. The molecule has 2 aromatic rings. The molecule has 0 saturated carbocycles. The topological polar surface area (TPSA) is 41.6 Å². The van der Waals surface area contributed by atoms with Gasteiger partial charge in [0.1, 0.15) is 12.0 Å². The first-order valence-electron chi connectivity index (χ1n) is 3.82. The highest BCUT2D eigenvalue weighted by Crippen LogP contribution is 2.13. The molecule has 0 aliphatic carbocycles. The van der Waals surface area contributed by atoms with Crippen LogP contribution in [0.5, 0.6) is 0 Å². The summed E-state index contributed by atoms with van der Waals surface area (Å²) in [5.41, 5.74) is 1.85. The average Bonchev–Trinajstić information content (AvgIpc) is 2.53. The quantitative estimate of drug-likeness (QED) is 0.691. The standard InChI is InChI=1S/C9H9N3/c1-2-3-8-7-4-5-10-9(7)12-6-11-8/h2-6H,1H3,(H,10,11,12)/b3-2-. The second-order valence-corrected chi connectivity index (χ2v) is 2.50. The van der Waals surface area contributed by atoms with E-state index in [4.69, 9.17) is 0 Å². The van der Waals surface area contributed by atoms with Crippen molar-refractivity contribution in [2.24, 2.45) is 0 Å². The summed E-state index contributed by atoms with van der Waals surface area (Å²) in [6, 6.07) is 1.98. The van der Waals surface area contributed by atoms with Crippen molar-refractivity contribution in [2.75, 3.05) is 0 Å². The van der Waals surface area contributed by atoms with Gasteiger partial charge in [0.15, 0.2) is 0 Å². The van der Waals surface area contributed by atoms with Crippen LogP contribution in [0.4, 0.5) is 0 Å². The fourth-order valence-corrected chi connectivity index (χ4v) is 1.18. The minimum absolute atomic E-state index is 0.887. The number of rotatable bonds is 1. The van der Waals surface area contributed by atoms with E-state index < -0.39 is 0 Å². The number of aromatic nitrogens is 3. The SMILES string of the molecule is C/C=C\c1ncnc2[nH]ccc12. The number of hydrogen-bond acceptors (Lipinski definition) is 2. The Kier molecular flexibility index (Phi) is 1.63. The molecule has 0 bridgehead atoms. The number of H-pyrrole nitrogens is 1. The van der Waals surface area contributed by atoms with Gasteiger partial charge in [-0.3, -0.25) is 0 Å². The summed E-state index contributed by atoms with van der Waals surface area (Å²) >= 11 is 0. The molecular formula is C9H9N3. The second-order valence-electron chi connectivity index (χ2n) is 2.50. The minimum Gasteiger partial charge on any atom is -0.346 e. The van der Waals surface area contributed by atoms with E-state index in [2.05, 4.69) is 15.0 Å². The lowest BCUT2D eigenvalue weighted by Gasteiger charge is -1.92. The fraction of sp³-hybridized carbons (Fsp3) is 0.111. The molecule has 0 fully saturated rings. The van der Waals surface area contributed by atoms with Crippen LogP contribution in [-0.2, 0) is 0 Å². The van der Waals surface area contributed by atoms with Crippen LogP contribution in [0.15, 0.2) is 24.7 Å². The van der Waals surface area contributed by atoms with Gasteiger partial charge < -0.3 is 4.98 Å². The molecular weight excluding hydrogens is 150 g/mol. The molecule has 0 amide bonds. The smallest absolute Gasteiger partial charge is 0.141 e. The van der Waals surface area contributed by atoms with E-state index in [0.717, 1.165) is 16.7 Å². The Balaban J connectivity index is 2.73. The molecule has 0 radical (unpaired) electrons. The average molecular weight is 159 g/mol. The van der Waals surface area contributed by atoms with Crippen LogP contribution >= 0.6 is 0 Å². The van der Waals surface area contributed by atoms with Crippen molar-refractivity contribution in [3.05, 3.63) is 30.4 Å². The molecule has 3 nitrogen and oxygen atoms in total. The summed E-state index contributed by atoms with van der Waals surface area (Å²) in [4.78, 5) is 11.3. The van der Waals surface area contributed by atoms with Gasteiger partial charge in [0.25, 0.3) is 0 Å². The summed E-state index contributed by atoms with van der Waals surface area (Å²) in [7, 11) is 0. The predicted octanol–water partition coefficient (Wildman–Crippen LogP) is 1.99. The minimum atomic E-state index is 0.887. The largest absolute Gasteiger partial charge is 0.346 e. The summed E-state index contributed by atoms with van der Waals surface area (Å²) < 4.78 is 0. The molecule has 0 saturated heterocycles. The first-order chi connectivity index (χ1) is 5.92. The molecule has 0 aliphatic heterocycles. The fourth-order valence-electron chi connectivity index (χ4n) is 1.18. The zero-order valence-electron chi connectivity index (χ0n) is 6.78. The molecule has 0 unspecified atom stereocenters. The van der Waals surface area contributed by atoms with Crippen molar-refractivity contribution >= 4 is 17.1 Å². The lowest BCUT2D eigenvalue weighted by atomic mass is 10.2. The van der Waals surface area contributed by atoms with Crippen molar-refractivity contribution in [1.82, 2.24) is 15.0 Å². The third-order valence-corrected chi connectivity index (χ3v) is 1.71. The van der Waals surface area contributed by atoms with Crippen molar-refractivity contribution in [2.45, 2.75) is 6.92 Å². The first kappa shape index (κ1) is 7.03. The zero-order valence-corrected chi connectivity index (χ0v) is 6.78. The highest BCUT2D eigenvalue weighted by Gasteiger charge is 1.99. The molecule has 1 N–H and O–H groups in total. The van der Waals surface area contributed by atoms with Crippen molar-refractivity contribution < 1.29 is 0 Å². The second kappa shape index (κ2) is 2.77. The highest BCUT2D eigenvalue weighted by molar-refractivity contribution is 5.83. The molecule has 0 atom stereocenters. The van der Waals surface area contributed by atoms with E-state index in [9.17, 15) is 0 Å². The lowest BCUT2D eigenvalue weighted by molar-refractivity contribution is 1.19. The van der Waals surface area contributed by atoms with Crippen LogP contribution in [0.1, 0.15) is 12.6 Å². The van der Waals surface area contributed by atoms with Gasteiger partial charge in [0.2, 0.25) is 0 Å². The first-order valence-corrected chi connectivity index (χ1v) is 3.82. The third kappa shape index (κ3) is 0.993. The molecule has 0 aromatic carbocycles. The zero-order chi connectivity index (χ0) is 8.39. The van der Waals surface area contributed by atoms with Crippen LogP contribution in [0.2, 0.25) is 0 Å². The maximum absolute atomic E-state index is 4.15. The predicted molar refractivity (Wildman–Crippen MR) is 48.6 cm³/mol. The maximum atomic E-state index is 4.15. The van der Waals surface area contributed by atoms with Crippen LogP contribution in [0, 0.1) is 0 Å². The van der Waals surface area contributed by atoms with Crippen LogP contribution < -0.4 is 0 Å². The highest BCUT2D eigenvalue weighted by atomic mass is 14.9. The molecule has 12 heavy (non-hydrogen) atoms. The Morgan fingerprint density at radius 2 is 2.33 bits per heavy atom. The summed E-state index contributed by atoms with van der Waals surface area (Å²) in [6.07, 6.45) is 7.37. The van der Waals surface area contributed by atoms with E-state index in [1.807, 2.05) is 31.3 Å². The van der Waals surface area contributed by atoms with Crippen molar-refractivity contribution in [1.29, 1.82) is 0 Å². The molecule has 60 valence electrons. The Morgan fingerprint density at radius 3 is 3.17 bits per heavy atom. The number of hydrogen-bond donors (Lipinski definition) is 1. The monoisotopic (exact) mass is 159 g/mol. The number of aromatic amines is 1. The van der Waals surface area contributed by atoms with Gasteiger partial charge in [-0.05, 0) is 19.1 Å². The number of nitrogens with one attached hydrogen (secondary N) is 1. The molecule has 0 aliphatic rings. The Morgan fingerprint density at radius 1 is 1.42 bits per heavy atom. The van der Waals surface area contributed by atoms with Gasteiger partial charge in [-0.1, -0.05) is 6.08 Å². The van der Waals surface area contributed by atoms with Gasteiger partial charge in [-0.15, -0.1) is 0 Å². The van der Waals surface area contributed by atoms with Crippen molar-refractivity contribution in [3.63, 3.8) is 0 Å². The van der Waals surface area contributed by atoms with E-state index in [0.29, 0.717) is 0 Å². The van der Waals surface area contributed by atoms with Crippen LogP contribution in [-0.4, -0.2) is 15.0 Å². The molecule has 2 rings (SSSR count). The van der Waals surface area contributed by atoms with Gasteiger partial charge >= 0.3 is 0 Å². The van der Waals surface area contributed by atoms with Crippen LogP contribution in [0.25, 0.3) is 17.1 Å².